The SMILES string of the molecule is Cc1noc(C)c1COc1cc(Cl)ccc1C(=O)NCc1ccccc1. The monoisotopic (exact) mass is 370 g/mol. The van der Waals surface area contributed by atoms with Gasteiger partial charge in [0.1, 0.15) is 18.1 Å². The van der Waals surface area contributed by atoms with Crippen LogP contribution in [0.4, 0.5) is 0 Å². The van der Waals surface area contributed by atoms with Crippen molar-refractivity contribution in [2.24, 2.45) is 0 Å². The number of carbonyl (C=O) groups is 1. The zero-order valence-electron chi connectivity index (χ0n) is 14.6. The summed E-state index contributed by atoms with van der Waals surface area (Å²) in [7, 11) is 0. The summed E-state index contributed by atoms with van der Waals surface area (Å²) in [4.78, 5) is 12.6. The molecule has 0 aliphatic carbocycles. The van der Waals surface area contributed by atoms with Gasteiger partial charge < -0.3 is 14.6 Å². The van der Waals surface area contributed by atoms with Crippen molar-refractivity contribution in [3.63, 3.8) is 0 Å². The average Bonchev–Trinajstić information content (AvgIpc) is 2.97. The topological polar surface area (TPSA) is 64.4 Å². The molecular formula is C20H19ClN2O3. The Morgan fingerprint density at radius 2 is 1.96 bits per heavy atom. The van der Waals surface area contributed by atoms with E-state index in [1.807, 2.05) is 44.2 Å². The van der Waals surface area contributed by atoms with Crippen molar-refractivity contribution in [1.29, 1.82) is 0 Å². The number of nitrogens with one attached hydrogen (secondary N) is 1. The summed E-state index contributed by atoms with van der Waals surface area (Å²) in [5.41, 5.74) is 3.07. The van der Waals surface area contributed by atoms with Crippen LogP contribution in [0.1, 0.15) is 32.9 Å². The molecule has 0 radical (unpaired) electrons. The molecule has 0 atom stereocenters. The summed E-state index contributed by atoms with van der Waals surface area (Å²) >= 11 is 6.08. The number of aromatic nitrogens is 1. The average molecular weight is 371 g/mol. The first-order valence-electron chi connectivity index (χ1n) is 8.21. The maximum atomic E-state index is 12.6. The standard InChI is InChI=1S/C20H19ClN2O3/c1-13-18(14(2)26-23-13)12-25-19-10-16(21)8-9-17(19)20(24)22-11-15-6-4-3-5-7-15/h3-10H,11-12H2,1-2H3,(H,22,24). The Hall–Kier alpha value is -2.79. The fraction of sp³-hybridized carbons (Fsp3) is 0.200. The lowest BCUT2D eigenvalue weighted by Crippen LogP contribution is -2.23. The Kier molecular flexibility index (Phi) is 5.58. The number of ether oxygens (including phenoxy) is 1. The van der Waals surface area contributed by atoms with E-state index >= 15 is 0 Å². The summed E-state index contributed by atoms with van der Waals surface area (Å²) in [5, 5.41) is 7.30. The van der Waals surface area contributed by atoms with E-state index in [1.165, 1.54) is 0 Å². The van der Waals surface area contributed by atoms with Crippen molar-refractivity contribution in [2.75, 3.05) is 0 Å². The molecule has 3 aromatic rings. The minimum Gasteiger partial charge on any atom is -0.488 e. The van der Waals surface area contributed by atoms with Gasteiger partial charge in [0.15, 0.2) is 0 Å². The van der Waals surface area contributed by atoms with E-state index in [2.05, 4.69) is 10.5 Å². The van der Waals surface area contributed by atoms with E-state index in [0.717, 1.165) is 16.8 Å². The Morgan fingerprint density at radius 3 is 2.65 bits per heavy atom. The Bertz CT molecular complexity index is 887. The summed E-state index contributed by atoms with van der Waals surface area (Å²) in [5.74, 6) is 0.891. The van der Waals surface area contributed by atoms with Crippen LogP contribution in [-0.2, 0) is 13.2 Å². The first kappa shape index (κ1) is 18.0. The van der Waals surface area contributed by atoms with Crippen molar-refractivity contribution in [3.8, 4) is 5.75 Å². The molecular weight excluding hydrogens is 352 g/mol. The number of nitrogens with zero attached hydrogens (tertiary/aromatic N) is 1. The number of rotatable bonds is 6. The smallest absolute Gasteiger partial charge is 0.255 e. The van der Waals surface area contributed by atoms with Crippen LogP contribution < -0.4 is 10.1 Å². The van der Waals surface area contributed by atoms with E-state index in [0.29, 0.717) is 28.6 Å². The zero-order chi connectivity index (χ0) is 18.5. The molecule has 0 saturated carbocycles. The number of benzene rings is 2. The molecule has 0 aliphatic heterocycles. The molecule has 2 aromatic carbocycles. The molecule has 5 nitrogen and oxygen atoms in total. The second-order valence-corrected chi connectivity index (χ2v) is 6.34. The largest absolute Gasteiger partial charge is 0.488 e. The quantitative estimate of drug-likeness (QED) is 0.696. The lowest BCUT2D eigenvalue weighted by atomic mass is 10.1. The van der Waals surface area contributed by atoms with E-state index in [9.17, 15) is 4.79 Å². The maximum Gasteiger partial charge on any atom is 0.255 e. The van der Waals surface area contributed by atoms with Crippen LogP contribution >= 0.6 is 11.6 Å². The molecule has 3 rings (SSSR count). The number of amides is 1. The third-order valence-electron chi connectivity index (χ3n) is 4.04. The van der Waals surface area contributed by atoms with Gasteiger partial charge in [0.2, 0.25) is 0 Å². The van der Waals surface area contributed by atoms with Gasteiger partial charge in [-0.25, -0.2) is 0 Å². The summed E-state index contributed by atoms with van der Waals surface area (Å²) in [6.07, 6.45) is 0. The Balaban J connectivity index is 1.73. The van der Waals surface area contributed by atoms with Crippen molar-refractivity contribution in [1.82, 2.24) is 10.5 Å². The number of hydrogen-bond donors (Lipinski definition) is 1. The van der Waals surface area contributed by atoms with E-state index < -0.39 is 0 Å². The van der Waals surface area contributed by atoms with Gasteiger partial charge in [-0.15, -0.1) is 0 Å². The Labute approximate surface area is 156 Å². The molecule has 1 N–H and O–H groups in total. The second kappa shape index (κ2) is 8.06. The van der Waals surface area contributed by atoms with Crippen molar-refractivity contribution in [3.05, 3.63) is 81.7 Å². The lowest BCUT2D eigenvalue weighted by molar-refractivity contribution is 0.0946. The molecule has 0 fully saturated rings. The first-order valence-corrected chi connectivity index (χ1v) is 8.58. The summed E-state index contributed by atoms with van der Waals surface area (Å²) < 4.78 is 11.0. The zero-order valence-corrected chi connectivity index (χ0v) is 15.3. The molecule has 1 aromatic heterocycles. The van der Waals surface area contributed by atoms with Gasteiger partial charge in [-0.2, -0.15) is 0 Å². The fourth-order valence-electron chi connectivity index (χ4n) is 2.53. The molecule has 26 heavy (non-hydrogen) atoms. The number of carbonyl (C=O) groups excluding carboxylic acids is 1. The van der Waals surface area contributed by atoms with Crippen molar-refractivity contribution >= 4 is 17.5 Å². The van der Waals surface area contributed by atoms with Crippen LogP contribution in [0.3, 0.4) is 0 Å². The maximum absolute atomic E-state index is 12.6. The van der Waals surface area contributed by atoms with Gasteiger partial charge in [0, 0.05) is 11.6 Å². The second-order valence-electron chi connectivity index (χ2n) is 5.90. The molecule has 1 amide bonds. The van der Waals surface area contributed by atoms with Crippen LogP contribution in [-0.4, -0.2) is 11.1 Å². The van der Waals surface area contributed by atoms with Gasteiger partial charge in [0.25, 0.3) is 5.91 Å². The summed E-state index contributed by atoms with van der Waals surface area (Å²) in [6, 6.07) is 14.7. The molecule has 134 valence electrons. The molecule has 0 spiro atoms. The van der Waals surface area contributed by atoms with E-state index in [1.54, 1.807) is 18.2 Å². The van der Waals surface area contributed by atoms with E-state index in [4.69, 9.17) is 20.9 Å². The molecule has 0 aliphatic rings. The van der Waals surface area contributed by atoms with Gasteiger partial charge in [-0.05, 0) is 37.6 Å². The highest BCUT2D eigenvalue weighted by Crippen LogP contribution is 2.25. The molecule has 6 heteroatoms. The van der Waals surface area contributed by atoms with Crippen LogP contribution in [0.2, 0.25) is 5.02 Å². The van der Waals surface area contributed by atoms with Gasteiger partial charge in [-0.3, -0.25) is 4.79 Å². The highest BCUT2D eigenvalue weighted by Gasteiger charge is 2.15. The minimum atomic E-state index is -0.223. The molecule has 0 saturated heterocycles. The van der Waals surface area contributed by atoms with Crippen LogP contribution in [0.15, 0.2) is 53.1 Å². The predicted molar refractivity (Wildman–Crippen MR) is 99.4 cm³/mol. The highest BCUT2D eigenvalue weighted by atomic mass is 35.5. The van der Waals surface area contributed by atoms with Gasteiger partial charge >= 0.3 is 0 Å². The molecule has 0 unspecified atom stereocenters. The number of hydrogen-bond acceptors (Lipinski definition) is 4. The molecule has 0 bridgehead atoms. The third-order valence-corrected chi connectivity index (χ3v) is 4.27. The predicted octanol–water partition coefficient (Wildman–Crippen LogP) is 4.45. The van der Waals surface area contributed by atoms with Crippen molar-refractivity contribution in [2.45, 2.75) is 27.0 Å². The van der Waals surface area contributed by atoms with Crippen LogP contribution in [0.5, 0.6) is 5.75 Å². The van der Waals surface area contributed by atoms with Crippen molar-refractivity contribution < 1.29 is 14.1 Å². The first-order chi connectivity index (χ1) is 12.5. The van der Waals surface area contributed by atoms with E-state index in [-0.39, 0.29) is 12.5 Å². The number of halogens is 1. The third kappa shape index (κ3) is 4.24. The fourth-order valence-corrected chi connectivity index (χ4v) is 2.70. The summed E-state index contributed by atoms with van der Waals surface area (Å²) in [6.45, 7) is 4.36. The van der Waals surface area contributed by atoms with Crippen LogP contribution in [0, 0.1) is 13.8 Å². The molecule has 1 heterocycles. The van der Waals surface area contributed by atoms with Gasteiger partial charge in [-0.1, -0.05) is 47.1 Å². The minimum absolute atomic E-state index is 0.223. The highest BCUT2D eigenvalue weighted by molar-refractivity contribution is 6.30. The normalized spacial score (nSPS) is 10.6. The number of aryl methyl sites for hydroxylation is 2. The lowest BCUT2D eigenvalue weighted by Gasteiger charge is -2.12. The van der Waals surface area contributed by atoms with Gasteiger partial charge in [0.05, 0.1) is 16.8 Å². The Morgan fingerprint density at radius 1 is 1.19 bits per heavy atom. The van der Waals surface area contributed by atoms with Crippen LogP contribution in [0.25, 0.3) is 0 Å².